The van der Waals surface area contributed by atoms with Crippen molar-refractivity contribution in [3.63, 3.8) is 0 Å². The summed E-state index contributed by atoms with van der Waals surface area (Å²) in [4.78, 5) is 0.131. The van der Waals surface area contributed by atoms with E-state index in [1.807, 2.05) is 0 Å². The largest absolute Gasteiger partial charge is 0.375 e. The van der Waals surface area contributed by atoms with Crippen molar-refractivity contribution in [3.8, 4) is 23.2 Å². The fourth-order valence-electron chi connectivity index (χ4n) is 2.45. The molecule has 1 atom stereocenters. The lowest BCUT2D eigenvalue weighted by molar-refractivity contribution is 0.0322. The molecule has 126 valence electrons. The molecule has 1 aliphatic rings. The molecule has 1 aromatic heterocycles. The van der Waals surface area contributed by atoms with E-state index in [0.29, 0.717) is 24.2 Å². The van der Waals surface area contributed by atoms with Crippen LogP contribution in [0, 0.1) is 11.8 Å². The predicted molar refractivity (Wildman–Crippen MR) is 86.8 cm³/mol. The Bertz CT molecular complexity index is 862. The van der Waals surface area contributed by atoms with Gasteiger partial charge in [0, 0.05) is 31.3 Å². The van der Waals surface area contributed by atoms with Crippen LogP contribution in [0.4, 0.5) is 0 Å². The van der Waals surface area contributed by atoms with Gasteiger partial charge in [0.2, 0.25) is 5.82 Å². The van der Waals surface area contributed by atoms with Crippen LogP contribution < -0.4 is 5.32 Å². The Morgan fingerprint density at radius 2 is 2.29 bits per heavy atom. The second kappa shape index (κ2) is 7.09. The third-order valence-corrected chi connectivity index (χ3v) is 4.69. The zero-order chi connectivity index (χ0) is 17.0. The summed E-state index contributed by atoms with van der Waals surface area (Å²) in [5.74, 6) is 6.28. The first-order valence-corrected chi connectivity index (χ1v) is 9.33. The Kier molecular flexibility index (Phi) is 4.89. The number of benzene rings is 1. The summed E-state index contributed by atoms with van der Waals surface area (Å²) in [5.41, 5.74) is 0.909. The number of nitrogens with one attached hydrogen (secondary N) is 2. The Morgan fingerprint density at radius 3 is 2.96 bits per heavy atom. The first kappa shape index (κ1) is 16.6. The molecule has 24 heavy (non-hydrogen) atoms. The van der Waals surface area contributed by atoms with Crippen LogP contribution in [0.1, 0.15) is 12.0 Å². The lowest BCUT2D eigenvalue weighted by Crippen LogP contribution is -2.38. The average molecular weight is 347 g/mol. The summed E-state index contributed by atoms with van der Waals surface area (Å²) in [6.45, 7) is 2.28. The minimum Gasteiger partial charge on any atom is -0.375 e. The first-order valence-electron chi connectivity index (χ1n) is 7.44. The number of aromatic amines is 1. The highest BCUT2D eigenvalue weighted by molar-refractivity contribution is 7.90. The number of H-pyrrole nitrogens is 1. The molecule has 0 amide bonds. The van der Waals surface area contributed by atoms with Gasteiger partial charge in [0.15, 0.2) is 9.84 Å². The van der Waals surface area contributed by atoms with Crippen LogP contribution in [0.2, 0.25) is 0 Å². The van der Waals surface area contributed by atoms with Gasteiger partial charge in [-0.25, -0.2) is 8.42 Å². The maximum absolute atomic E-state index is 12.1. The Hall–Kier alpha value is -2.28. The van der Waals surface area contributed by atoms with Crippen molar-refractivity contribution in [2.45, 2.75) is 17.4 Å². The van der Waals surface area contributed by atoms with E-state index in [1.165, 1.54) is 6.07 Å². The van der Waals surface area contributed by atoms with E-state index >= 15 is 0 Å². The zero-order valence-electron chi connectivity index (χ0n) is 13.1. The standard InChI is InChI=1S/C15H17N5O3S/c1-24(21,22)13-7-3-5-11(14(13)15-17-19-20-18-15)4-2-6-12-10-16-8-9-23-12/h3,5,7,12,16H,6,8-10H2,1H3,(H,17,18,19,20). The van der Waals surface area contributed by atoms with Crippen LogP contribution >= 0.6 is 0 Å². The van der Waals surface area contributed by atoms with Gasteiger partial charge in [0.1, 0.15) is 0 Å². The van der Waals surface area contributed by atoms with Crippen molar-refractivity contribution in [1.29, 1.82) is 0 Å². The van der Waals surface area contributed by atoms with Crippen LogP contribution in [-0.2, 0) is 14.6 Å². The maximum Gasteiger partial charge on any atom is 0.207 e. The van der Waals surface area contributed by atoms with Gasteiger partial charge in [-0.1, -0.05) is 17.9 Å². The van der Waals surface area contributed by atoms with E-state index in [4.69, 9.17) is 4.74 Å². The van der Waals surface area contributed by atoms with E-state index in [-0.39, 0.29) is 16.8 Å². The number of sulfone groups is 1. The van der Waals surface area contributed by atoms with Gasteiger partial charge in [-0.2, -0.15) is 5.21 Å². The molecular formula is C15H17N5O3S. The molecule has 2 aromatic rings. The van der Waals surface area contributed by atoms with Gasteiger partial charge in [-0.3, -0.25) is 0 Å². The fraction of sp³-hybridized carbons (Fsp3) is 0.400. The molecule has 0 radical (unpaired) electrons. The van der Waals surface area contributed by atoms with Gasteiger partial charge in [0.05, 0.1) is 23.2 Å². The second-order valence-corrected chi connectivity index (χ2v) is 7.37. The molecule has 9 heteroatoms. The normalized spacial score (nSPS) is 18.0. The number of morpholine rings is 1. The molecule has 0 aliphatic carbocycles. The summed E-state index contributed by atoms with van der Waals surface area (Å²) in [6.07, 6.45) is 1.74. The highest BCUT2D eigenvalue weighted by Gasteiger charge is 2.20. The van der Waals surface area contributed by atoms with Crippen molar-refractivity contribution in [2.75, 3.05) is 26.0 Å². The first-order chi connectivity index (χ1) is 11.6. The van der Waals surface area contributed by atoms with Crippen LogP contribution in [0.15, 0.2) is 23.1 Å². The number of ether oxygens (including phenoxy) is 1. The Labute approximate surface area is 139 Å². The summed E-state index contributed by atoms with van der Waals surface area (Å²) >= 11 is 0. The molecule has 2 N–H and O–H groups in total. The zero-order valence-corrected chi connectivity index (χ0v) is 13.9. The molecule has 1 aliphatic heterocycles. The Balaban J connectivity index is 1.96. The Morgan fingerprint density at radius 1 is 1.42 bits per heavy atom. The number of rotatable bonds is 3. The fourth-order valence-corrected chi connectivity index (χ4v) is 3.35. The quantitative estimate of drug-likeness (QED) is 0.752. The molecule has 1 unspecified atom stereocenters. The van der Waals surface area contributed by atoms with Gasteiger partial charge < -0.3 is 10.1 Å². The monoisotopic (exact) mass is 347 g/mol. The number of nitrogens with zero attached hydrogens (tertiary/aromatic N) is 3. The molecule has 1 saturated heterocycles. The van der Waals surface area contributed by atoms with Gasteiger partial charge in [-0.15, -0.1) is 10.2 Å². The van der Waals surface area contributed by atoms with E-state index in [9.17, 15) is 8.42 Å². The molecule has 1 aromatic carbocycles. The van der Waals surface area contributed by atoms with Crippen LogP contribution in [0.5, 0.6) is 0 Å². The molecule has 3 rings (SSSR count). The topological polar surface area (TPSA) is 110 Å². The number of hydrogen-bond donors (Lipinski definition) is 2. The van der Waals surface area contributed by atoms with E-state index in [2.05, 4.69) is 37.8 Å². The van der Waals surface area contributed by atoms with E-state index < -0.39 is 9.84 Å². The molecule has 2 heterocycles. The second-order valence-electron chi connectivity index (χ2n) is 5.39. The minimum absolute atomic E-state index is 0.0398. The molecule has 0 spiro atoms. The minimum atomic E-state index is -3.45. The summed E-state index contributed by atoms with van der Waals surface area (Å²) in [7, 11) is -3.45. The molecule has 8 nitrogen and oxygen atoms in total. The molecule has 0 bridgehead atoms. The average Bonchev–Trinajstić information content (AvgIpc) is 3.09. The van der Waals surface area contributed by atoms with Crippen LogP contribution in [-0.4, -0.2) is 61.1 Å². The summed E-state index contributed by atoms with van der Waals surface area (Å²) < 4.78 is 29.7. The third kappa shape index (κ3) is 3.79. The van der Waals surface area contributed by atoms with Gasteiger partial charge in [0.25, 0.3) is 0 Å². The van der Waals surface area contributed by atoms with E-state index in [0.717, 1.165) is 19.3 Å². The molecular weight excluding hydrogens is 330 g/mol. The van der Waals surface area contributed by atoms with Crippen molar-refractivity contribution >= 4 is 9.84 Å². The van der Waals surface area contributed by atoms with Crippen molar-refractivity contribution in [3.05, 3.63) is 23.8 Å². The van der Waals surface area contributed by atoms with E-state index in [1.54, 1.807) is 12.1 Å². The number of aromatic nitrogens is 4. The van der Waals surface area contributed by atoms with Gasteiger partial charge in [-0.05, 0) is 17.3 Å². The van der Waals surface area contributed by atoms with Crippen molar-refractivity contribution in [2.24, 2.45) is 0 Å². The lowest BCUT2D eigenvalue weighted by Gasteiger charge is -2.21. The summed E-state index contributed by atoms with van der Waals surface area (Å²) in [5, 5.41) is 16.9. The highest BCUT2D eigenvalue weighted by atomic mass is 32.2. The third-order valence-electron chi connectivity index (χ3n) is 3.55. The SMILES string of the molecule is CS(=O)(=O)c1cccc(C#CCC2CNCCO2)c1-c1nn[nH]n1. The summed E-state index contributed by atoms with van der Waals surface area (Å²) in [6, 6.07) is 4.91. The van der Waals surface area contributed by atoms with Crippen LogP contribution in [0.3, 0.4) is 0 Å². The molecule has 1 fully saturated rings. The molecule has 0 saturated carbocycles. The maximum atomic E-state index is 12.1. The highest BCUT2D eigenvalue weighted by Crippen LogP contribution is 2.27. The van der Waals surface area contributed by atoms with Crippen molar-refractivity contribution in [1.82, 2.24) is 25.9 Å². The predicted octanol–water partition coefficient (Wildman–Crippen LogP) is 0.000200. The van der Waals surface area contributed by atoms with Gasteiger partial charge >= 0.3 is 0 Å². The smallest absolute Gasteiger partial charge is 0.207 e. The lowest BCUT2D eigenvalue weighted by atomic mass is 10.1. The number of hydrogen-bond acceptors (Lipinski definition) is 7. The number of tetrazole rings is 1. The van der Waals surface area contributed by atoms with Crippen LogP contribution in [0.25, 0.3) is 11.4 Å². The van der Waals surface area contributed by atoms with Crippen molar-refractivity contribution < 1.29 is 13.2 Å².